The lowest BCUT2D eigenvalue weighted by Gasteiger charge is -2.30. The topological polar surface area (TPSA) is 55.8 Å². The van der Waals surface area contributed by atoms with Gasteiger partial charge in [-0.25, -0.2) is 0 Å². The number of carbonyl (C=O) groups is 1. The van der Waals surface area contributed by atoms with Crippen molar-refractivity contribution in [3.8, 4) is 5.75 Å². The van der Waals surface area contributed by atoms with E-state index in [1.165, 1.54) is 19.3 Å². The monoisotopic (exact) mass is 286 g/mol. The van der Waals surface area contributed by atoms with Crippen molar-refractivity contribution in [2.45, 2.75) is 5.79 Å². The molecule has 0 aromatic heterocycles. The van der Waals surface area contributed by atoms with Crippen LogP contribution in [0.3, 0.4) is 0 Å². The van der Waals surface area contributed by atoms with Crippen LogP contribution in [0.1, 0.15) is 5.56 Å². The van der Waals surface area contributed by atoms with Gasteiger partial charge in [-0.05, 0) is 24.3 Å². The Morgan fingerprint density at radius 2 is 2.05 bits per heavy atom. The summed E-state index contributed by atoms with van der Waals surface area (Å²) in [5, 5.41) is 10.3. The van der Waals surface area contributed by atoms with Crippen molar-refractivity contribution in [3.05, 3.63) is 60.2 Å². The predicted molar refractivity (Wildman–Crippen MR) is 80.8 cm³/mol. The molecule has 0 radical (unpaired) electrons. The number of ketones is 1. The highest BCUT2D eigenvalue weighted by atomic mass is 16.6. The second kappa shape index (κ2) is 6.52. The van der Waals surface area contributed by atoms with E-state index in [1.807, 2.05) is 24.3 Å². The number of para-hydroxylation sites is 1. The molecule has 2 unspecified atom stereocenters. The van der Waals surface area contributed by atoms with Crippen LogP contribution in [-0.4, -0.2) is 30.9 Å². The molecule has 1 N–H and O–H groups in total. The Balaban J connectivity index is 2.19. The Morgan fingerprint density at radius 3 is 2.76 bits per heavy atom. The third-order valence-corrected chi connectivity index (χ3v) is 3.39. The number of aliphatic hydroxyl groups is 1. The second-order valence-corrected chi connectivity index (χ2v) is 4.66. The highest BCUT2D eigenvalue weighted by molar-refractivity contribution is 5.97. The summed E-state index contributed by atoms with van der Waals surface area (Å²) in [5.74, 6) is -1.93. The lowest BCUT2D eigenvalue weighted by Crippen LogP contribution is -2.41. The summed E-state index contributed by atoms with van der Waals surface area (Å²) in [4.78, 5) is 12.3. The molecule has 4 nitrogen and oxygen atoms in total. The van der Waals surface area contributed by atoms with Gasteiger partial charge in [0.2, 0.25) is 0 Å². The summed E-state index contributed by atoms with van der Waals surface area (Å²) in [6.07, 6.45) is 9.55. The van der Waals surface area contributed by atoms with E-state index < -0.39 is 11.7 Å². The van der Waals surface area contributed by atoms with E-state index in [0.717, 1.165) is 5.56 Å². The van der Waals surface area contributed by atoms with Crippen molar-refractivity contribution in [3.63, 3.8) is 0 Å². The lowest BCUT2D eigenvalue weighted by molar-refractivity contribution is -0.176. The summed E-state index contributed by atoms with van der Waals surface area (Å²) in [7, 11) is 2.94. The molecule has 21 heavy (non-hydrogen) atoms. The van der Waals surface area contributed by atoms with Gasteiger partial charge in [0.15, 0.2) is 11.6 Å². The molecule has 110 valence electrons. The van der Waals surface area contributed by atoms with Gasteiger partial charge in [0, 0.05) is 12.7 Å². The van der Waals surface area contributed by atoms with E-state index in [9.17, 15) is 9.90 Å². The maximum Gasteiger partial charge on any atom is 0.199 e. The first-order valence-electron chi connectivity index (χ1n) is 6.59. The largest absolute Gasteiger partial charge is 0.496 e. The van der Waals surface area contributed by atoms with Crippen LogP contribution in [0.25, 0.3) is 6.08 Å². The number of rotatable bonds is 5. The van der Waals surface area contributed by atoms with Gasteiger partial charge in [0.25, 0.3) is 0 Å². The predicted octanol–water partition coefficient (Wildman–Crippen LogP) is 2.35. The Morgan fingerprint density at radius 1 is 1.29 bits per heavy atom. The van der Waals surface area contributed by atoms with E-state index in [-0.39, 0.29) is 5.78 Å². The fourth-order valence-electron chi connectivity index (χ4n) is 2.18. The molecule has 1 aliphatic carbocycles. The molecule has 0 saturated heterocycles. The van der Waals surface area contributed by atoms with Crippen molar-refractivity contribution in [2.24, 2.45) is 5.92 Å². The third kappa shape index (κ3) is 3.29. The molecule has 1 aliphatic rings. The number of ether oxygens (including phenoxy) is 2. The molecule has 0 amide bonds. The van der Waals surface area contributed by atoms with Crippen molar-refractivity contribution in [1.82, 2.24) is 0 Å². The zero-order valence-electron chi connectivity index (χ0n) is 12.0. The minimum absolute atomic E-state index is 0.245. The van der Waals surface area contributed by atoms with Gasteiger partial charge in [0.05, 0.1) is 13.0 Å². The van der Waals surface area contributed by atoms with E-state index in [0.29, 0.717) is 5.75 Å². The standard InChI is InChI=1S/C17H18O4/c1-20-16-9-4-3-7-13(16)10-11-15(18)14-8-5-6-12-17(14,19)21-2/h3-12,14,19H,1-2H3/b11-10+. The molecular formula is C17H18O4. The van der Waals surface area contributed by atoms with Crippen molar-refractivity contribution >= 4 is 11.9 Å². The van der Waals surface area contributed by atoms with Gasteiger partial charge in [-0.2, -0.15) is 0 Å². The average molecular weight is 286 g/mol. The number of carbonyl (C=O) groups excluding carboxylic acids is 1. The van der Waals surface area contributed by atoms with E-state index >= 15 is 0 Å². The Labute approximate surface area is 124 Å². The van der Waals surface area contributed by atoms with Crippen LogP contribution in [0.4, 0.5) is 0 Å². The van der Waals surface area contributed by atoms with Crippen LogP contribution >= 0.6 is 0 Å². The van der Waals surface area contributed by atoms with Crippen LogP contribution < -0.4 is 4.74 Å². The second-order valence-electron chi connectivity index (χ2n) is 4.66. The van der Waals surface area contributed by atoms with Gasteiger partial charge in [-0.15, -0.1) is 0 Å². The minimum atomic E-state index is -1.60. The number of hydrogen-bond donors (Lipinski definition) is 1. The lowest BCUT2D eigenvalue weighted by atomic mass is 9.89. The smallest absolute Gasteiger partial charge is 0.199 e. The molecule has 1 aromatic rings. The average Bonchev–Trinajstić information content (AvgIpc) is 2.53. The SMILES string of the molecule is COc1ccccc1/C=C/C(=O)C1C=CC=CC1(O)OC. The van der Waals surface area contributed by atoms with Crippen molar-refractivity contribution < 1.29 is 19.4 Å². The van der Waals surface area contributed by atoms with Crippen LogP contribution in [0.15, 0.2) is 54.6 Å². The van der Waals surface area contributed by atoms with Crippen LogP contribution in [0.2, 0.25) is 0 Å². The van der Waals surface area contributed by atoms with Gasteiger partial charge in [-0.3, -0.25) is 4.79 Å². The molecular weight excluding hydrogens is 268 g/mol. The summed E-state index contributed by atoms with van der Waals surface area (Å²) < 4.78 is 10.3. The Bertz CT molecular complexity index is 601. The van der Waals surface area contributed by atoms with Gasteiger partial charge < -0.3 is 14.6 Å². The van der Waals surface area contributed by atoms with E-state index in [2.05, 4.69) is 0 Å². The first kappa shape index (κ1) is 15.2. The summed E-state index contributed by atoms with van der Waals surface area (Å²) in [5.41, 5.74) is 0.796. The Hall–Kier alpha value is -2.17. The Kier molecular flexibility index (Phi) is 4.73. The highest BCUT2D eigenvalue weighted by Crippen LogP contribution is 2.27. The van der Waals surface area contributed by atoms with Crippen LogP contribution in [0.5, 0.6) is 5.75 Å². The van der Waals surface area contributed by atoms with E-state index in [1.54, 1.807) is 31.4 Å². The van der Waals surface area contributed by atoms with E-state index in [4.69, 9.17) is 9.47 Å². The molecule has 0 aliphatic heterocycles. The van der Waals surface area contributed by atoms with Crippen molar-refractivity contribution in [2.75, 3.05) is 14.2 Å². The van der Waals surface area contributed by atoms with Gasteiger partial charge in [-0.1, -0.05) is 36.4 Å². The molecule has 0 bridgehead atoms. The highest BCUT2D eigenvalue weighted by Gasteiger charge is 2.37. The van der Waals surface area contributed by atoms with Crippen molar-refractivity contribution in [1.29, 1.82) is 0 Å². The maximum atomic E-state index is 12.3. The fraction of sp³-hybridized carbons (Fsp3) is 0.235. The molecule has 4 heteroatoms. The first-order valence-corrected chi connectivity index (χ1v) is 6.59. The fourth-order valence-corrected chi connectivity index (χ4v) is 2.18. The summed E-state index contributed by atoms with van der Waals surface area (Å²) in [6, 6.07) is 7.39. The molecule has 1 aromatic carbocycles. The zero-order chi connectivity index (χ0) is 15.3. The quantitative estimate of drug-likeness (QED) is 0.667. The normalized spacial score (nSPS) is 24.4. The number of hydrogen-bond acceptors (Lipinski definition) is 4. The van der Waals surface area contributed by atoms with Crippen LogP contribution in [-0.2, 0) is 9.53 Å². The van der Waals surface area contributed by atoms with Gasteiger partial charge >= 0.3 is 0 Å². The summed E-state index contributed by atoms with van der Waals surface area (Å²) in [6.45, 7) is 0. The molecule has 0 spiro atoms. The molecule has 0 saturated carbocycles. The maximum absolute atomic E-state index is 12.3. The third-order valence-electron chi connectivity index (χ3n) is 3.39. The molecule has 2 rings (SSSR count). The number of methoxy groups -OCH3 is 2. The minimum Gasteiger partial charge on any atom is -0.496 e. The van der Waals surface area contributed by atoms with Gasteiger partial charge in [0.1, 0.15) is 5.75 Å². The molecule has 0 fully saturated rings. The zero-order valence-corrected chi connectivity index (χ0v) is 12.0. The van der Waals surface area contributed by atoms with Crippen LogP contribution in [0, 0.1) is 5.92 Å². The molecule has 0 heterocycles. The molecule has 2 atom stereocenters. The number of allylic oxidation sites excluding steroid dienone is 3. The summed E-state index contributed by atoms with van der Waals surface area (Å²) >= 11 is 0. The first-order chi connectivity index (χ1) is 10.1. The number of benzene rings is 1.